The molecule has 3 aromatic carbocycles. The zero-order chi connectivity index (χ0) is 23.5. The third-order valence-corrected chi connectivity index (χ3v) is 6.77. The van der Waals surface area contributed by atoms with E-state index < -0.39 is 0 Å². The molecule has 0 fully saturated rings. The fourth-order valence-electron chi connectivity index (χ4n) is 4.16. The molecule has 5 aromatic rings. The molecule has 0 aliphatic rings. The monoisotopic (exact) mass is 465 g/mol. The summed E-state index contributed by atoms with van der Waals surface area (Å²) in [5.74, 6) is -0.267. The van der Waals surface area contributed by atoms with E-state index in [-0.39, 0.29) is 18.0 Å². The standard InChI is InChI=1S/C28H23N3O2S/c1-19-25(21-12-6-3-7-13-21)26-27(34-19)29-18-31(28(26)33)17-24(32)30-23-15-9-8-14-22(23)16-20-10-4-2-5-11-20/h2-15,18H,16-17H2,1H3,(H,30,32). The molecule has 0 spiro atoms. The van der Waals surface area contributed by atoms with Gasteiger partial charge in [0.15, 0.2) is 0 Å². The lowest BCUT2D eigenvalue weighted by Crippen LogP contribution is -2.28. The molecule has 0 aliphatic heterocycles. The van der Waals surface area contributed by atoms with Crippen molar-refractivity contribution in [3.63, 3.8) is 0 Å². The van der Waals surface area contributed by atoms with Crippen LogP contribution in [0.15, 0.2) is 96.1 Å². The van der Waals surface area contributed by atoms with Crippen molar-refractivity contribution in [1.82, 2.24) is 9.55 Å². The number of nitrogens with zero attached hydrogens (tertiary/aromatic N) is 2. The molecule has 0 aliphatic carbocycles. The number of thiophene rings is 1. The minimum absolute atomic E-state index is 0.107. The second-order valence-electron chi connectivity index (χ2n) is 8.12. The Labute approximate surface area is 201 Å². The van der Waals surface area contributed by atoms with Crippen molar-refractivity contribution in [1.29, 1.82) is 0 Å². The Hall–Kier alpha value is -4.03. The first-order chi connectivity index (χ1) is 16.6. The molecule has 34 heavy (non-hydrogen) atoms. The van der Waals surface area contributed by atoms with Gasteiger partial charge in [-0.15, -0.1) is 11.3 Å². The van der Waals surface area contributed by atoms with E-state index in [0.717, 1.165) is 32.8 Å². The Balaban J connectivity index is 1.42. The highest BCUT2D eigenvalue weighted by Gasteiger charge is 2.18. The summed E-state index contributed by atoms with van der Waals surface area (Å²) >= 11 is 1.50. The van der Waals surface area contributed by atoms with Gasteiger partial charge in [0, 0.05) is 16.1 Å². The molecule has 2 heterocycles. The van der Waals surface area contributed by atoms with E-state index in [9.17, 15) is 9.59 Å². The normalized spacial score (nSPS) is 11.0. The van der Waals surface area contributed by atoms with E-state index in [1.165, 1.54) is 22.2 Å². The van der Waals surface area contributed by atoms with E-state index in [1.807, 2.05) is 79.7 Å². The number of aryl methyl sites for hydroxylation is 1. The highest BCUT2D eigenvalue weighted by atomic mass is 32.1. The van der Waals surface area contributed by atoms with Gasteiger partial charge in [0.05, 0.1) is 11.7 Å². The predicted molar refractivity (Wildman–Crippen MR) is 138 cm³/mol. The van der Waals surface area contributed by atoms with Crippen LogP contribution < -0.4 is 10.9 Å². The summed E-state index contributed by atoms with van der Waals surface area (Å²) in [6.07, 6.45) is 2.17. The maximum absolute atomic E-state index is 13.4. The number of nitrogens with one attached hydrogen (secondary N) is 1. The maximum atomic E-state index is 13.4. The summed E-state index contributed by atoms with van der Waals surface area (Å²) in [6, 6.07) is 27.7. The van der Waals surface area contributed by atoms with Crippen LogP contribution in [0.3, 0.4) is 0 Å². The summed E-state index contributed by atoms with van der Waals surface area (Å²) < 4.78 is 1.38. The Morgan fingerprint density at radius 2 is 1.62 bits per heavy atom. The highest BCUT2D eigenvalue weighted by Crippen LogP contribution is 2.35. The van der Waals surface area contributed by atoms with Crippen molar-refractivity contribution in [3.05, 3.63) is 118 Å². The summed E-state index contributed by atoms with van der Waals surface area (Å²) in [5, 5.41) is 3.55. The second-order valence-corrected chi connectivity index (χ2v) is 9.33. The SMILES string of the molecule is Cc1sc2ncn(CC(=O)Nc3ccccc3Cc3ccccc3)c(=O)c2c1-c1ccccc1. The number of hydrogen-bond acceptors (Lipinski definition) is 4. The maximum Gasteiger partial charge on any atom is 0.263 e. The lowest BCUT2D eigenvalue weighted by Gasteiger charge is -2.12. The average molecular weight is 466 g/mol. The van der Waals surface area contributed by atoms with E-state index >= 15 is 0 Å². The predicted octanol–water partition coefficient (Wildman–Crippen LogP) is 5.66. The van der Waals surface area contributed by atoms with Crippen LogP contribution in [0.5, 0.6) is 0 Å². The number of carbonyl (C=O) groups excluding carboxylic acids is 1. The molecular weight excluding hydrogens is 442 g/mol. The Bertz CT molecular complexity index is 1520. The average Bonchev–Trinajstić information content (AvgIpc) is 3.20. The molecular formula is C28H23N3O2S. The summed E-state index contributed by atoms with van der Waals surface area (Å²) in [5.41, 5.74) is 4.58. The first-order valence-electron chi connectivity index (χ1n) is 11.1. The molecule has 6 heteroatoms. The van der Waals surface area contributed by atoms with Crippen molar-refractivity contribution in [2.24, 2.45) is 0 Å². The van der Waals surface area contributed by atoms with E-state index in [2.05, 4.69) is 22.4 Å². The minimum atomic E-state index is -0.267. The van der Waals surface area contributed by atoms with Gasteiger partial charge in [-0.3, -0.25) is 14.2 Å². The van der Waals surface area contributed by atoms with Crippen LogP contribution in [0.1, 0.15) is 16.0 Å². The van der Waals surface area contributed by atoms with Crippen LogP contribution in [0, 0.1) is 6.92 Å². The molecule has 0 saturated carbocycles. The molecule has 5 nitrogen and oxygen atoms in total. The van der Waals surface area contributed by atoms with Gasteiger partial charge in [0.2, 0.25) is 5.91 Å². The van der Waals surface area contributed by atoms with Crippen LogP contribution in [-0.2, 0) is 17.8 Å². The molecule has 1 N–H and O–H groups in total. The van der Waals surface area contributed by atoms with E-state index in [4.69, 9.17) is 0 Å². The number of hydrogen-bond donors (Lipinski definition) is 1. The number of para-hydroxylation sites is 1. The third-order valence-electron chi connectivity index (χ3n) is 5.76. The number of anilines is 1. The third kappa shape index (κ3) is 4.40. The largest absolute Gasteiger partial charge is 0.324 e. The number of aromatic nitrogens is 2. The lowest BCUT2D eigenvalue weighted by molar-refractivity contribution is -0.116. The van der Waals surface area contributed by atoms with Crippen molar-refractivity contribution in [2.45, 2.75) is 19.9 Å². The summed E-state index contributed by atoms with van der Waals surface area (Å²) in [6.45, 7) is 1.89. The zero-order valence-corrected chi connectivity index (χ0v) is 19.5. The molecule has 0 bridgehead atoms. The molecule has 2 aromatic heterocycles. The van der Waals surface area contributed by atoms with E-state index in [0.29, 0.717) is 16.6 Å². The molecule has 0 unspecified atom stereocenters. The first kappa shape index (κ1) is 21.8. The van der Waals surface area contributed by atoms with Gasteiger partial charge in [-0.2, -0.15) is 0 Å². The van der Waals surface area contributed by atoms with Crippen LogP contribution >= 0.6 is 11.3 Å². The van der Waals surface area contributed by atoms with Crippen LogP contribution in [0.25, 0.3) is 21.3 Å². The van der Waals surface area contributed by atoms with Gasteiger partial charge in [-0.25, -0.2) is 4.98 Å². The van der Waals surface area contributed by atoms with Crippen LogP contribution in [0.2, 0.25) is 0 Å². The highest BCUT2D eigenvalue weighted by molar-refractivity contribution is 7.19. The quantitative estimate of drug-likeness (QED) is 0.352. The molecule has 0 saturated heterocycles. The lowest BCUT2D eigenvalue weighted by atomic mass is 10.0. The van der Waals surface area contributed by atoms with Crippen LogP contribution in [-0.4, -0.2) is 15.5 Å². The van der Waals surface area contributed by atoms with Crippen molar-refractivity contribution in [3.8, 4) is 11.1 Å². The van der Waals surface area contributed by atoms with Gasteiger partial charge in [0.25, 0.3) is 5.56 Å². The molecule has 5 rings (SSSR count). The fraction of sp³-hybridized carbons (Fsp3) is 0.107. The van der Waals surface area contributed by atoms with Crippen molar-refractivity contribution < 1.29 is 4.79 Å². The van der Waals surface area contributed by atoms with Crippen LogP contribution in [0.4, 0.5) is 5.69 Å². The van der Waals surface area contributed by atoms with Gasteiger partial charge in [-0.05, 0) is 36.1 Å². The zero-order valence-electron chi connectivity index (χ0n) is 18.7. The Morgan fingerprint density at radius 3 is 2.38 bits per heavy atom. The smallest absolute Gasteiger partial charge is 0.263 e. The number of amides is 1. The first-order valence-corrected chi connectivity index (χ1v) is 11.9. The second kappa shape index (κ2) is 9.45. The molecule has 168 valence electrons. The summed E-state index contributed by atoms with van der Waals surface area (Å²) in [7, 11) is 0. The topological polar surface area (TPSA) is 64.0 Å². The fourth-order valence-corrected chi connectivity index (χ4v) is 5.16. The number of carbonyl (C=O) groups is 1. The van der Waals surface area contributed by atoms with Gasteiger partial charge in [0.1, 0.15) is 11.4 Å². The Kier molecular flexibility index (Phi) is 6.06. The number of rotatable bonds is 6. The number of fused-ring (bicyclic) bond motifs is 1. The van der Waals surface area contributed by atoms with E-state index in [1.54, 1.807) is 0 Å². The molecule has 0 radical (unpaired) electrons. The summed E-state index contributed by atoms with van der Waals surface area (Å²) in [4.78, 5) is 32.5. The minimum Gasteiger partial charge on any atom is -0.324 e. The molecule has 0 atom stereocenters. The Morgan fingerprint density at radius 1 is 0.941 bits per heavy atom. The molecule has 1 amide bonds. The van der Waals surface area contributed by atoms with Crippen molar-refractivity contribution >= 4 is 33.1 Å². The van der Waals surface area contributed by atoms with Gasteiger partial charge < -0.3 is 5.32 Å². The van der Waals surface area contributed by atoms with Crippen molar-refractivity contribution in [2.75, 3.05) is 5.32 Å². The number of benzene rings is 3. The van der Waals surface area contributed by atoms with Gasteiger partial charge in [-0.1, -0.05) is 78.9 Å². The van der Waals surface area contributed by atoms with Gasteiger partial charge >= 0.3 is 0 Å².